The lowest BCUT2D eigenvalue weighted by Crippen LogP contribution is -2.19. The molecule has 1 aliphatic rings. The zero-order valence-electron chi connectivity index (χ0n) is 9.24. The average Bonchev–Trinajstić information content (AvgIpc) is 2.65. The summed E-state index contributed by atoms with van der Waals surface area (Å²) < 4.78 is 2.36. The van der Waals surface area contributed by atoms with Gasteiger partial charge in [-0.25, -0.2) is 4.98 Å². The maximum Gasteiger partial charge on any atom is 0.105 e. The summed E-state index contributed by atoms with van der Waals surface area (Å²) in [6.07, 6.45) is 10.9. The van der Waals surface area contributed by atoms with Gasteiger partial charge in [0.05, 0.1) is 0 Å². The van der Waals surface area contributed by atoms with Crippen LogP contribution in [-0.4, -0.2) is 9.55 Å². The van der Waals surface area contributed by atoms with Crippen molar-refractivity contribution in [1.82, 2.24) is 9.55 Å². The standard InChI is InChI=1S/C12H20N2/c1-3-11-5-4-6-12(9-11)14-8-7-13-10(14)2/h7-8,11-12H,3-6,9H2,1-2H3. The van der Waals surface area contributed by atoms with Gasteiger partial charge in [0.25, 0.3) is 0 Å². The van der Waals surface area contributed by atoms with Gasteiger partial charge < -0.3 is 4.57 Å². The number of aryl methyl sites for hydroxylation is 1. The molecule has 0 aliphatic heterocycles. The van der Waals surface area contributed by atoms with Gasteiger partial charge in [0, 0.05) is 18.4 Å². The molecular weight excluding hydrogens is 172 g/mol. The van der Waals surface area contributed by atoms with Gasteiger partial charge in [-0.05, 0) is 25.7 Å². The Morgan fingerprint density at radius 3 is 3.00 bits per heavy atom. The smallest absolute Gasteiger partial charge is 0.105 e. The van der Waals surface area contributed by atoms with Crippen molar-refractivity contribution >= 4 is 0 Å². The van der Waals surface area contributed by atoms with E-state index >= 15 is 0 Å². The maximum atomic E-state index is 4.31. The molecule has 0 N–H and O–H groups in total. The monoisotopic (exact) mass is 192 g/mol. The summed E-state index contributed by atoms with van der Waals surface area (Å²) in [5.41, 5.74) is 0. The summed E-state index contributed by atoms with van der Waals surface area (Å²) in [7, 11) is 0. The Kier molecular flexibility index (Phi) is 2.90. The van der Waals surface area contributed by atoms with Crippen LogP contribution in [-0.2, 0) is 0 Å². The molecule has 0 amide bonds. The largest absolute Gasteiger partial charge is 0.332 e. The van der Waals surface area contributed by atoms with E-state index in [0.717, 1.165) is 12.0 Å². The molecule has 0 spiro atoms. The zero-order valence-corrected chi connectivity index (χ0v) is 9.24. The number of rotatable bonds is 2. The second kappa shape index (κ2) is 4.16. The molecule has 0 bridgehead atoms. The van der Waals surface area contributed by atoms with Gasteiger partial charge in [-0.3, -0.25) is 0 Å². The second-order valence-electron chi connectivity index (χ2n) is 4.48. The van der Waals surface area contributed by atoms with Crippen LogP contribution >= 0.6 is 0 Å². The van der Waals surface area contributed by atoms with Crippen molar-refractivity contribution < 1.29 is 0 Å². The molecule has 1 aromatic rings. The Hall–Kier alpha value is -0.790. The summed E-state index contributed by atoms with van der Waals surface area (Å²) >= 11 is 0. The van der Waals surface area contributed by atoms with Crippen LogP contribution in [0.4, 0.5) is 0 Å². The van der Waals surface area contributed by atoms with Crippen molar-refractivity contribution in [3.05, 3.63) is 18.2 Å². The molecule has 2 unspecified atom stereocenters. The highest BCUT2D eigenvalue weighted by molar-refractivity contribution is 4.93. The van der Waals surface area contributed by atoms with Crippen molar-refractivity contribution in [2.75, 3.05) is 0 Å². The minimum Gasteiger partial charge on any atom is -0.332 e. The van der Waals surface area contributed by atoms with E-state index in [1.807, 2.05) is 6.20 Å². The molecular formula is C12H20N2. The molecule has 1 fully saturated rings. The minimum absolute atomic E-state index is 0.719. The van der Waals surface area contributed by atoms with Gasteiger partial charge in [-0.15, -0.1) is 0 Å². The third-order valence-corrected chi connectivity index (χ3v) is 3.59. The predicted molar refractivity (Wildman–Crippen MR) is 58.3 cm³/mol. The fourth-order valence-corrected chi connectivity index (χ4v) is 2.66. The molecule has 14 heavy (non-hydrogen) atoms. The summed E-state index contributed by atoms with van der Waals surface area (Å²) in [5, 5.41) is 0. The highest BCUT2D eigenvalue weighted by Crippen LogP contribution is 2.34. The van der Waals surface area contributed by atoms with Crippen LogP contribution in [0.5, 0.6) is 0 Å². The van der Waals surface area contributed by atoms with Gasteiger partial charge in [-0.2, -0.15) is 0 Å². The first-order valence-electron chi connectivity index (χ1n) is 5.80. The molecule has 1 aliphatic carbocycles. The topological polar surface area (TPSA) is 17.8 Å². The van der Waals surface area contributed by atoms with Crippen molar-refractivity contribution in [3.63, 3.8) is 0 Å². The van der Waals surface area contributed by atoms with E-state index in [4.69, 9.17) is 0 Å². The van der Waals surface area contributed by atoms with Crippen LogP contribution < -0.4 is 0 Å². The summed E-state index contributed by atoms with van der Waals surface area (Å²) in [6.45, 7) is 4.42. The first-order valence-corrected chi connectivity index (χ1v) is 5.80. The molecule has 0 radical (unpaired) electrons. The van der Waals surface area contributed by atoms with Crippen molar-refractivity contribution in [1.29, 1.82) is 0 Å². The highest BCUT2D eigenvalue weighted by Gasteiger charge is 2.22. The van der Waals surface area contributed by atoms with Crippen LogP contribution in [0.3, 0.4) is 0 Å². The molecule has 2 rings (SSSR count). The van der Waals surface area contributed by atoms with Gasteiger partial charge >= 0.3 is 0 Å². The number of aromatic nitrogens is 2. The van der Waals surface area contributed by atoms with E-state index in [1.54, 1.807) is 0 Å². The fourth-order valence-electron chi connectivity index (χ4n) is 2.66. The molecule has 1 saturated carbocycles. The summed E-state index contributed by atoms with van der Waals surface area (Å²) in [4.78, 5) is 4.31. The van der Waals surface area contributed by atoms with Crippen LogP contribution in [0.2, 0.25) is 0 Å². The van der Waals surface area contributed by atoms with E-state index in [0.29, 0.717) is 0 Å². The Morgan fingerprint density at radius 1 is 1.50 bits per heavy atom. The lowest BCUT2D eigenvalue weighted by Gasteiger charge is -2.30. The van der Waals surface area contributed by atoms with E-state index in [9.17, 15) is 0 Å². The summed E-state index contributed by atoms with van der Waals surface area (Å²) in [6, 6.07) is 0.719. The van der Waals surface area contributed by atoms with Gasteiger partial charge in [0.1, 0.15) is 5.82 Å². The highest BCUT2D eigenvalue weighted by atomic mass is 15.1. The predicted octanol–water partition coefficient (Wildman–Crippen LogP) is 3.33. The van der Waals surface area contributed by atoms with Crippen LogP contribution in [0.25, 0.3) is 0 Å². The summed E-state index contributed by atoms with van der Waals surface area (Å²) in [5.74, 6) is 2.11. The molecule has 78 valence electrons. The van der Waals surface area contributed by atoms with Crippen molar-refractivity contribution in [2.45, 2.75) is 52.0 Å². The van der Waals surface area contributed by atoms with Crippen LogP contribution in [0, 0.1) is 12.8 Å². The first-order chi connectivity index (χ1) is 6.81. The number of hydrogen-bond donors (Lipinski definition) is 0. The number of imidazole rings is 1. The quantitative estimate of drug-likeness (QED) is 0.702. The molecule has 0 aromatic carbocycles. The van der Waals surface area contributed by atoms with E-state index in [1.165, 1.54) is 37.9 Å². The Morgan fingerprint density at radius 2 is 2.36 bits per heavy atom. The van der Waals surface area contributed by atoms with E-state index in [-0.39, 0.29) is 0 Å². The van der Waals surface area contributed by atoms with Crippen molar-refractivity contribution in [3.8, 4) is 0 Å². The molecule has 2 nitrogen and oxygen atoms in total. The fraction of sp³-hybridized carbons (Fsp3) is 0.750. The lowest BCUT2D eigenvalue weighted by molar-refractivity contribution is 0.259. The number of nitrogens with zero attached hydrogens (tertiary/aromatic N) is 2. The third-order valence-electron chi connectivity index (χ3n) is 3.59. The third kappa shape index (κ3) is 1.84. The lowest BCUT2D eigenvalue weighted by atomic mass is 9.84. The van der Waals surface area contributed by atoms with E-state index < -0.39 is 0 Å². The zero-order chi connectivity index (χ0) is 9.97. The van der Waals surface area contributed by atoms with Crippen molar-refractivity contribution in [2.24, 2.45) is 5.92 Å². The Labute approximate surface area is 86.3 Å². The maximum absolute atomic E-state index is 4.31. The van der Waals surface area contributed by atoms with Gasteiger partial charge in [0.2, 0.25) is 0 Å². The van der Waals surface area contributed by atoms with Gasteiger partial charge in [-0.1, -0.05) is 26.2 Å². The number of hydrogen-bond acceptors (Lipinski definition) is 1. The molecule has 2 atom stereocenters. The first kappa shape index (κ1) is 9.75. The molecule has 0 saturated heterocycles. The van der Waals surface area contributed by atoms with Crippen LogP contribution in [0.1, 0.15) is 50.9 Å². The second-order valence-corrected chi connectivity index (χ2v) is 4.48. The molecule has 1 heterocycles. The minimum atomic E-state index is 0.719. The molecule has 1 aromatic heterocycles. The average molecular weight is 192 g/mol. The van der Waals surface area contributed by atoms with E-state index in [2.05, 4.69) is 29.6 Å². The molecule has 2 heteroatoms. The SMILES string of the molecule is CCC1CCCC(n2ccnc2C)C1. The normalized spacial score (nSPS) is 27.9. The Balaban J connectivity index is 2.08. The van der Waals surface area contributed by atoms with Gasteiger partial charge in [0.15, 0.2) is 0 Å². The Bertz CT molecular complexity index is 290. The van der Waals surface area contributed by atoms with Crippen LogP contribution in [0.15, 0.2) is 12.4 Å².